The number of carbonyl (C=O) groups is 1. The quantitative estimate of drug-likeness (QED) is 0.309. The molecule has 0 radical (unpaired) electrons. The lowest BCUT2D eigenvalue weighted by molar-refractivity contribution is -0.133. The summed E-state index contributed by atoms with van der Waals surface area (Å²) in [5, 5.41) is 12.6. The second kappa shape index (κ2) is 13.8. The highest BCUT2D eigenvalue weighted by atomic mass is 32.2. The minimum Gasteiger partial charge on any atom is -0.493 e. The van der Waals surface area contributed by atoms with Gasteiger partial charge in [-0.15, -0.1) is 0 Å². The Kier molecular flexibility index (Phi) is 10.5. The summed E-state index contributed by atoms with van der Waals surface area (Å²) in [5.41, 5.74) is 2.73. The molecule has 0 aliphatic heterocycles. The van der Waals surface area contributed by atoms with E-state index in [1.54, 1.807) is 24.3 Å². The standard InChI is InChI=1S/C28H33NO7S/c1-3-34-27(28(31)29-26(20-30)23-7-5-4-6-8-23)19-22-11-13-24(14-12-22)35-18-17-21-9-15-25(16-10-21)36-37(2,32)33/h4-16,26-27,30H,3,17-20H2,1-2H3,(H,29,31)/t26-,27+/m0/s1. The third-order valence-electron chi connectivity index (χ3n) is 5.54. The van der Waals surface area contributed by atoms with Gasteiger partial charge < -0.3 is 24.1 Å². The Bertz CT molecular complexity index is 1210. The van der Waals surface area contributed by atoms with Gasteiger partial charge in [-0.1, -0.05) is 54.6 Å². The van der Waals surface area contributed by atoms with Crippen LogP contribution < -0.4 is 14.2 Å². The summed E-state index contributed by atoms with van der Waals surface area (Å²) in [6.07, 6.45) is 1.34. The molecule has 0 spiro atoms. The van der Waals surface area contributed by atoms with Gasteiger partial charge in [0, 0.05) is 19.4 Å². The molecule has 0 aliphatic carbocycles. The number of aliphatic hydroxyl groups excluding tert-OH is 1. The van der Waals surface area contributed by atoms with Crippen molar-refractivity contribution in [2.45, 2.75) is 31.9 Å². The number of benzene rings is 3. The summed E-state index contributed by atoms with van der Waals surface area (Å²) < 4.78 is 38.8. The lowest BCUT2D eigenvalue weighted by Crippen LogP contribution is -2.41. The molecule has 37 heavy (non-hydrogen) atoms. The van der Waals surface area contributed by atoms with Crippen LogP contribution in [0.4, 0.5) is 0 Å². The number of nitrogens with one attached hydrogen (secondary N) is 1. The van der Waals surface area contributed by atoms with E-state index in [-0.39, 0.29) is 18.3 Å². The predicted octanol–water partition coefficient (Wildman–Crippen LogP) is 3.44. The van der Waals surface area contributed by atoms with Gasteiger partial charge in [-0.25, -0.2) is 0 Å². The Hall–Kier alpha value is -3.40. The fourth-order valence-corrected chi connectivity index (χ4v) is 4.18. The van der Waals surface area contributed by atoms with Crippen LogP contribution in [0.1, 0.15) is 29.7 Å². The molecule has 198 valence electrons. The van der Waals surface area contributed by atoms with Crippen LogP contribution in [0, 0.1) is 0 Å². The number of hydrogen-bond acceptors (Lipinski definition) is 7. The highest BCUT2D eigenvalue weighted by Crippen LogP contribution is 2.18. The Balaban J connectivity index is 1.51. The van der Waals surface area contributed by atoms with Gasteiger partial charge in [0.05, 0.1) is 25.5 Å². The molecule has 8 nitrogen and oxygen atoms in total. The zero-order valence-electron chi connectivity index (χ0n) is 21.0. The van der Waals surface area contributed by atoms with Crippen molar-refractivity contribution in [3.8, 4) is 11.5 Å². The second-order valence-corrected chi connectivity index (χ2v) is 10.1. The summed E-state index contributed by atoms with van der Waals surface area (Å²) in [6.45, 7) is 2.46. The summed E-state index contributed by atoms with van der Waals surface area (Å²) >= 11 is 0. The molecule has 3 aromatic carbocycles. The van der Waals surface area contributed by atoms with Crippen LogP contribution >= 0.6 is 0 Å². The number of carbonyl (C=O) groups excluding carboxylic acids is 1. The molecule has 0 aliphatic rings. The van der Waals surface area contributed by atoms with Crippen LogP contribution in [0.3, 0.4) is 0 Å². The molecule has 0 unspecified atom stereocenters. The predicted molar refractivity (Wildman–Crippen MR) is 141 cm³/mol. The van der Waals surface area contributed by atoms with Crippen molar-refractivity contribution in [1.82, 2.24) is 5.32 Å². The molecule has 3 rings (SSSR count). The van der Waals surface area contributed by atoms with Gasteiger partial charge in [-0.3, -0.25) is 4.79 Å². The van der Waals surface area contributed by atoms with E-state index < -0.39 is 22.3 Å². The first-order valence-electron chi connectivity index (χ1n) is 12.1. The molecule has 0 fully saturated rings. The van der Waals surface area contributed by atoms with Crippen molar-refractivity contribution in [2.75, 3.05) is 26.1 Å². The van der Waals surface area contributed by atoms with Gasteiger partial charge >= 0.3 is 10.1 Å². The summed E-state index contributed by atoms with van der Waals surface area (Å²) in [4.78, 5) is 12.9. The number of amides is 1. The molecule has 0 bridgehead atoms. The molecule has 0 aromatic heterocycles. The minimum absolute atomic E-state index is 0.209. The highest BCUT2D eigenvalue weighted by Gasteiger charge is 2.23. The largest absolute Gasteiger partial charge is 0.493 e. The van der Waals surface area contributed by atoms with Crippen LogP contribution in [0.15, 0.2) is 78.9 Å². The fraction of sp³-hybridized carbons (Fsp3) is 0.321. The Labute approximate surface area is 218 Å². The smallest absolute Gasteiger partial charge is 0.306 e. The van der Waals surface area contributed by atoms with Crippen molar-refractivity contribution in [2.24, 2.45) is 0 Å². The zero-order chi connectivity index (χ0) is 26.7. The molecule has 2 atom stereocenters. The number of rotatable bonds is 14. The van der Waals surface area contributed by atoms with E-state index in [1.165, 1.54) is 0 Å². The lowest BCUT2D eigenvalue weighted by atomic mass is 10.0. The van der Waals surface area contributed by atoms with E-state index in [2.05, 4.69) is 5.32 Å². The SMILES string of the molecule is CCO[C@H](Cc1ccc(OCCc2ccc(OS(C)(=O)=O)cc2)cc1)C(=O)N[C@@H](CO)c1ccccc1. The Morgan fingerprint density at radius 2 is 1.54 bits per heavy atom. The molecule has 0 saturated heterocycles. The average Bonchev–Trinajstić information content (AvgIpc) is 2.88. The molecule has 0 saturated carbocycles. The first-order chi connectivity index (χ1) is 17.8. The van der Waals surface area contributed by atoms with Crippen LogP contribution in [0.2, 0.25) is 0 Å². The number of aliphatic hydroxyl groups is 1. The monoisotopic (exact) mass is 527 g/mol. The zero-order valence-corrected chi connectivity index (χ0v) is 21.8. The maximum Gasteiger partial charge on any atom is 0.306 e. The van der Waals surface area contributed by atoms with E-state index >= 15 is 0 Å². The minimum atomic E-state index is -3.55. The number of hydrogen-bond donors (Lipinski definition) is 2. The van der Waals surface area contributed by atoms with Crippen molar-refractivity contribution in [1.29, 1.82) is 0 Å². The fourth-order valence-electron chi connectivity index (χ4n) is 3.72. The molecular formula is C28H33NO7S. The summed E-state index contributed by atoms with van der Waals surface area (Å²) in [5.74, 6) is 0.689. The van der Waals surface area contributed by atoms with Crippen molar-refractivity contribution in [3.05, 3.63) is 95.6 Å². The van der Waals surface area contributed by atoms with Crippen LogP contribution in [0.25, 0.3) is 0 Å². The summed E-state index contributed by atoms with van der Waals surface area (Å²) in [6, 6.07) is 23.1. The molecule has 9 heteroatoms. The topological polar surface area (TPSA) is 111 Å². The molecule has 3 aromatic rings. The van der Waals surface area contributed by atoms with E-state index in [9.17, 15) is 18.3 Å². The van der Waals surface area contributed by atoms with E-state index in [1.807, 2.05) is 61.5 Å². The highest BCUT2D eigenvalue weighted by molar-refractivity contribution is 7.86. The van der Waals surface area contributed by atoms with E-state index in [0.29, 0.717) is 31.8 Å². The average molecular weight is 528 g/mol. The maximum atomic E-state index is 12.9. The summed E-state index contributed by atoms with van der Waals surface area (Å²) in [7, 11) is -3.55. The van der Waals surface area contributed by atoms with Gasteiger partial charge in [-0.2, -0.15) is 8.42 Å². The van der Waals surface area contributed by atoms with Crippen LogP contribution in [-0.2, 0) is 32.5 Å². The van der Waals surface area contributed by atoms with Gasteiger partial charge in [0.2, 0.25) is 5.91 Å². The third kappa shape index (κ3) is 9.53. The first kappa shape index (κ1) is 28.2. The van der Waals surface area contributed by atoms with Crippen molar-refractivity contribution in [3.63, 3.8) is 0 Å². The van der Waals surface area contributed by atoms with Crippen molar-refractivity contribution >= 4 is 16.0 Å². The molecule has 1 amide bonds. The second-order valence-electron chi connectivity index (χ2n) is 8.48. The maximum absolute atomic E-state index is 12.9. The van der Waals surface area contributed by atoms with E-state index in [4.69, 9.17) is 13.7 Å². The van der Waals surface area contributed by atoms with E-state index in [0.717, 1.165) is 22.9 Å². The number of ether oxygens (including phenoxy) is 2. The van der Waals surface area contributed by atoms with Gasteiger partial charge in [0.25, 0.3) is 0 Å². The Morgan fingerprint density at radius 1 is 0.919 bits per heavy atom. The molecule has 0 heterocycles. The molecular weight excluding hydrogens is 494 g/mol. The Morgan fingerprint density at radius 3 is 2.14 bits per heavy atom. The third-order valence-corrected chi connectivity index (χ3v) is 6.03. The van der Waals surface area contributed by atoms with Crippen LogP contribution in [0.5, 0.6) is 11.5 Å². The van der Waals surface area contributed by atoms with Gasteiger partial charge in [0.15, 0.2) is 0 Å². The van der Waals surface area contributed by atoms with Crippen LogP contribution in [-0.4, -0.2) is 51.6 Å². The van der Waals surface area contributed by atoms with Crippen molar-refractivity contribution < 1.29 is 32.0 Å². The van der Waals surface area contributed by atoms with Gasteiger partial charge in [-0.05, 0) is 47.9 Å². The molecule has 2 N–H and O–H groups in total. The lowest BCUT2D eigenvalue weighted by Gasteiger charge is -2.22. The van der Waals surface area contributed by atoms with Gasteiger partial charge in [0.1, 0.15) is 17.6 Å². The normalized spacial score (nSPS) is 12.9. The first-order valence-corrected chi connectivity index (χ1v) is 13.9.